The van der Waals surface area contributed by atoms with E-state index in [0.29, 0.717) is 6.42 Å². The SMILES string of the molecule is [2H]C([2H])(O)CCc1cccc(C)c1. The Balaban J connectivity index is 2.55. The van der Waals surface area contributed by atoms with Crippen LogP contribution in [0.15, 0.2) is 24.3 Å². The molecular formula is C10H14O. The maximum Gasteiger partial charge on any atom is 0.0564 e. The van der Waals surface area contributed by atoms with Gasteiger partial charge >= 0.3 is 0 Å². The van der Waals surface area contributed by atoms with E-state index in [-0.39, 0.29) is 6.42 Å². The van der Waals surface area contributed by atoms with Gasteiger partial charge in [0.05, 0.1) is 2.74 Å². The first kappa shape index (κ1) is 5.78. The van der Waals surface area contributed by atoms with Crippen molar-refractivity contribution in [1.29, 1.82) is 0 Å². The van der Waals surface area contributed by atoms with Crippen molar-refractivity contribution in [3.05, 3.63) is 35.4 Å². The second-order valence-electron chi connectivity index (χ2n) is 2.65. The Morgan fingerprint density at radius 1 is 1.55 bits per heavy atom. The molecule has 0 radical (unpaired) electrons. The quantitative estimate of drug-likeness (QED) is 0.701. The van der Waals surface area contributed by atoms with Gasteiger partial charge in [-0.3, -0.25) is 0 Å². The van der Waals surface area contributed by atoms with Gasteiger partial charge in [-0.1, -0.05) is 29.8 Å². The standard InChI is InChI=1S/C10H14O/c1-9-4-2-5-10(8-9)6-3-7-11/h2,4-5,8,11H,3,6-7H2,1H3/i7D2. The van der Waals surface area contributed by atoms with Gasteiger partial charge in [0, 0.05) is 6.56 Å². The highest BCUT2D eigenvalue weighted by atomic mass is 16.2. The molecule has 1 heteroatoms. The van der Waals surface area contributed by atoms with Crippen LogP contribution in [0.1, 0.15) is 20.3 Å². The van der Waals surface area contributed by atoms with Gasteiger partial charge in [-0.15, -0.1) is 0 Å². The molecule has 0 bridgehead atoms. The Morgan fingerprint density at radius 3 is 3.00 bits per heavy atom. The number of hydrogen-bond donors (Lipinski definition) is 1. The topological polar surface area (TPSA) is 20.2 Å². The molecule has 0 atom stereocenters. The third kappa shape index (κ3) is 2.72. The molecule has 0 heterocycles. The van der Waals surface area contributed by atoms with Gasteiger partial charge in [-0.2, -0.15) is 0 Å². The summed E-state index contributed by atoms with van der Waals surface area (Å²) in [6, 6.07) is 7.89. The van der Waals surface area contributed by atoms with Crippen LogP contribution in [0.5, 0.6) is 0 Å². The van der Waals surface area contributed by atoms with Crippen LogP contribution < -0.4 is 0 Å². The molecule has 0 amide bonds. The van der Waals surface area contributed by atoms with E-state index in [1.54, 1.807) is 0 Å². The summed E-state index contributed by atoms with van der Waals surface area (Å²) >= 11 is 0. The van der Waals surface area contributed by atoms with Gasteiger partial charge in [0.2, 0.25) is 0 Å². The molecule has 0 fully saturated rings. The largest absolute Gasteiger partial charge is 0.396 e. The molecular weight excluding hydrogens is 136 g/mol. The molecule has 0 saturated carbocycles. The minimum atomic E-state index is -2.05. The zero-order valence-electron chi connectivity index (χ0n) is 8.67. The minimum absolute atomic E-state index is 0.149. The number of hydrogen-bond acceptors (Lipinski definition) is 1. The van der Waals surface area contributed by atoms with Crippen LogP contribution in [0, 0.1) is 6.92 Å². The molecule has 0 aromatic heterocycles. The zero-order valence-corrected chi connectivity index (χ0v) is 6.67. The third-order valence-corrected chi connectivity index (χ3v) is 1.61. The molecule has 0 aliphatic rings. The molecule has 0 aliphatic heterocycles. The first-order chi connectivity index (χ1) is 5.97. The van der Waals surface area contributed by atoms with Gasteiger partial charge in [-0.25, -0.2) is 0 Å². The van der Waals surface area contributed by atoms with Gasteiger partial charge in [-0.05, 0) is 25.3 Å². The van der Waals surface area contributed by atoms with Crippen molar-refractivity contribution < 1.29 is 7.85 Å². The van der Waals surface area contributed by atoms with Gasteiger partial charge in [0.25, 0.3) is 0 Å². The van der Waals surface area contributed by atoms with E-state index in [1.165, 1.54) is 0 Å². The molecule has 0 saturated heterocycles. The fraction of sp³-hybridized carbons (Fsp3) is 0.400. The molecule has 0 unspecified atom stereocenters. The lowest BCUT2D eigenvalue weighted by Gasteiger charge is -1.99. The molecule has 1 aromatic carbocycles. The van der Waals surface area contributed by atoms with Crippen LogP contribution in [-0.2, 0) is 6.42 Å². The van der Waals surface area contributed by atoms with Crippen molar-refractivity contribution in [2.45, 2.75) is 19.8 Å². The van der Waals surface area contributed by atoms with E-state index < -0.39 is 6.56 Å². The lowest BCUT2D eigenvalue weighted by molar-refractivity contribution is 0.288. The fourth-order valence-corrected chi connectivity index (χ4v) is 1.07. The Labute approximate surface area is 70.5 Å². The molecule has 1 aromatic rings. The predicted molar refractivity (Wildman–Crippen MR) is 46.6 cm³/mol. The molecule has 1 N–H and O–H groups in total. The van der Waals surface area contributed by atoms with E-state index in [1.807, 2.05) is 31.2 Å². The summed E-state index contributed by atoms with van der Waals surface area (Å²) in [6.45, 7) is -0.0547. The second kappa shape index (κ2) is 4.14. The van der Waals surface area contributed by atoms with Crippen LogP contribution in [0.3, 0.4) is 0 Å². The molecule has 11 heavy (non-hydrogen) atoms. The van der Waals surface area contributed by atoms with Crippen LogP contribution in [0.4, 0.5) is 0 Å². The van der Waals surface area contributed by atoms with Crippen molar-refractivity contribution in [3.63, 3.8) is 0 Å². The lowest BCUT2D eigenvalue weighted by Crippen LogP contribution is -1.89. The van der Waals surface area contributed by atoms with E-state index in [0.717, 1.165) is 11.1 Å². The summed E-state index contributed by atoms with van der Waals surface area (Å²) in [5.74, 6) is 0. The van der Waals surface area contributed by atoms with Crippen molar-refractivity contribution in [1.82, 2.24) is 0 Å². The molecule has 0 spiro atoms. The number of benzene rings is 1. The first-order valence-electron chi connectivity index (χ1n) is 4.75. The van der Waals surface area contributed by atoms with Gasteiger partial charge in [0.15, 0.2) is 0 Å². The van der Waals surface area contributed by atoms with Crippen molar-refractivity contribution in [3.8, 4) is 0 Å². The Morgan fingerprint density at radius 2 is 2.36 bits per heavy atom. The highest BCUT2D eigenvalue weighted by Crippen LogP contribution is 2.05. The summed E-state index contributed by atoms with van der Waals surface area (Å²) in [7, 11) is 0. The lowest BCUT2D eigenvalue weighted by atomic mass is 10.1. The monoisotopic (exact) mass is 152 g/mol. The van der Waals surface area contributed by atoms with E-state index in [2.05, 4.69) is 0 Å². The minimum Gasteiger partial charge on any atom is -0.396 e. The normalized spacial score (nSPS) is 14.0. The Hall–Kier alpha value is -0.820. The predicted octanol–water partition coefficient (Wildman–Crippen LogP) is 1.92. The Kier molecular flexibility index (Phi) is 2.18. The summed E-state index contributed by atoms with van der Waals surface area (Å²) in [6.07, 6.45) is 0.724. The van der Waals surface area contributed by atoms with Crippen molar-refractivity contribution >= 4 is 0 Å². The van der Waals surface area contributed by atoms with Crippen molar-refractivity contribution in [2.24, 2.45) is 0 Å². The number of aliphatic hydroxyl groups is 1. The summed E-state index contributed by atoms with van der Waals surface area (Å²) in [5.41, 5.74) is 2.23. The number of rotatable bonds is 3. The van der Waals surface area contributed by atoms with Gasteiger partial charge < -0.3 is 5.11 Å². The average molecular weight is 152 g/mol. The van der Waals surface area contributed by atoms with E-state index >= 15 is 0 Å². The van der Waals surface area contributed by atoms with Crippen LogP contribution in [0.2, 0.25) is 0 Å². The molecule has 1 rings (SSSR count). The summed E-state index contributed by atoms with van der Waals surface area (Å²) in [5, 5.41) is 8.88. The summed E-state index contributed by atoms with van der Waals surface area (Å²) in [4.78, 5) is 0. The van der Waals surface area contributed by atoms with E-state index in [4.69, 9.17) is 7.85 Å². The first-order valence-corrected chi connectivity index (χ1v) is 3.75. The Bertz CT molecular complexity index is 278. The zero-order chi connectivity index (χ0) is 9.90. The number of aryl methyl sites for hydroxylation is 2. The maximum atomic E-state index is 8.88. The van der Waals surface area contributed by atoms with Crippen molar-refractivity contribution in [2.75, 3.05) is 6.56 Å². The highest BCUT2D eigenvalue weighted by molar-refractivity contribution is 5.22. The fourth-order valence-electron chi connectivity index (χ4n) is 1.07. The molecule has 1 nitrogen and oxygen atoms in total. The van der Waals surface area contributed by atoms with Gasteiger partial charge in [0.1, 0.15) is 0 Å². The smallest absolute Gasteiger partial charge is 0.0564 e. The van der Waals surface area contributed by atoms with Crippen LogP contribution in [-0.4, -0.2) is 11.7 Å². The maximum absolute atomic E-state index is 8.88. The average Bonchev–Trinajstić information content (AvgIpc) is 2.00. The van der Waals surface area contributed by atoms with Crippen LogP contribution >= 0.6 is 0 Å². The summed E-state index contributed by atoms with van der Waals surface area (Å²) < 4.78 is 13.9. The molecule has 60 valence electrons. The van der Waals surface area contributed by atoms with Crippen LogP contribution in [0.25, 0.3) is 0 Å². The second-order valence-corrected chi connectivity index (χ2v) is 2.65. The molecule has 0 aliphatic carbocycles. The van der Waals surface area contributed by atoms with E-state index in [9.17, 15) is 0 Å². The highest BCUT2D eigenvalue weighted by Gasteiger charge is 1.91. The third-order valence-electron chi connectivity index (χ3n) is 1.61.